The number of anilines is 1. The van der Waals surface area contributed by atoms with Crippen LogP contribution in [0.1, 0.15) is 17.4 Å². The van der Waals surface area contributed by atoms with E-state index >= 15 is 0 Å². The van der Waals surface area contributed by atoms with Gasteiger partial charge in [-0.05, 0) is 47.8 Å². The third-order valence-electron chi connectivity index (χ3n) is 5.30. The molecule has 1 saturated heterocycles. The zero-order valence-corrected chi connectivity index (χ0v) is 18.0. The molecular formula is C23H23ClF2N2OS. The lowest BCUT2D eigenvalue weighted by atomic mass is 10.1. The Bertz CT molecular complexity index is 944. The average Bonchev–Trinajstić information content (AvgIpc) is 3.29. The van der Waals surface area contributed by atoms with E-state index in [-0.39, 0.29) is 16.9 Å². The number of rotatable bonds is 7. The van der Waals surface area contributed by atoms with Gasteiger partial charge >= 0.3 is 0 Å². The lowest BCUT2D eigenvalue weighted by molar-refractivity contribution is 0.162. The average molecular weight is 449 g/mol. The van der Waals surface area contributed by atoms with E-state index in [9.17, 15) is 8.78 Å². The van der Waals surface area contributed by atoms with Crippen molar-refractivity contribution in [3.63, 3.8) is 0 Å². The molecule has 3 nitrogen and oxygen atoms in total. The fourth-order valence-electron chi connectivity index (χ4n) is 3.63. The van der Waals surface area contributed by atoms with Crippen LogP contribution in [-0.4, -0.2) is 37.6 Å². The number of ether oxygens (including phenoxy) is 1. The lowest BCUT2D eigenvalue weighted by Gasteiger charge is -2.36. The van der Waals surface area contributed by atoms with Gasteiger partial charge in [-0.2, -0.15) is 0 Å². The van der Waals surface area contributed by atoms with E-state index < -0.39 is 5.82 Å². The minimum absolute atomic E-state index is 0.0642. The second-order valence-electron chi connectivity index (χ2n) is 7.29. The largest absolute Gasteiger partial charge is 0.485 e. The Hall–Kier alpha value is -2.15. The summed E-state index contributed by atoms with van der Waals surface area (Å²) in [5.41, 5.74) is 1.06. The van der Waals surface area contributed by atoms with E-state index in [1.165, 1.54) is 24.3 Å². The van der Waals surface area contributed by atoms with Crippen LogP contribution in [0.5, 0.6) is 5.75 Å². The maximum atomic E-state index is 13.5. The highest BCUT2D eigenvalue weighted by atomic mass is 35.5. The molecule has 1 fully saturated rings. The molecule has 0 amide bonds. The van der Waals surface area contributed by atoms with E-state index in [1.807, 2.05) is 23.6 Å². The van der Waals surface area contributed by atoms with Gasteiger partial charge in [0, 0.05) is 55.8 Å². The van der Waals surface area contributed by atoms with E-state index in [0.717, 1.165) is 49.7 Å². The fraction of sp³-hybridized carbons (Fsp3) is 0.304. The first-order valence-electron chi connectivity index (χ1n) is 9.96. The first kappa shape index (κ1) is 21.1. The Morgan fingerprint density at radius 3 is 2.43 bits per heavy atom. The molecule has 158 valence electrons. The fourth-order valence-corrected chi connectivity index (χ4v) is 4.59. The quantitative estimate of drug-likeness (QED) is 0.440. The molecule has 1 aliphatic rings. The number of thiophene rings is 1. The van der Waals surface area contributed by atoms with Crippen molar-refractivity contribution < 1.29 is 13.5 Å². The van der Waals surface area contributed by atoms with Crippen molar-refractivity contribution in [2.75, 3.05) is 37.6 Å². The summed E-state index contributed by atoms with van der Waals surface area (Å²) in [7, 11) is 0. The highest BCUT2D eigenvalue weighted by molar-refractivity contribution is 7.10. The summed E-state index contributed by atoms with van der Waals surface area (Å²) < 4.78 is 32.8. The van der Waals surface area contributed by atoms with Gasteiger partial charge in [-0.15, -0.1) is 11.3 Å². The molecule has 0 aliphatic carbocycles. The molecule has 0 radical (unpaired) electrons. The molecule has 0 N–H and O–H groups in total. The minimum atomic E-state index is -0.448. The molecule has 2 heterocycles. The van der Waals surface area contributed by atoms with E-state index in [0.29, 0.717) is 5.75 Å². The number of halogens is 3. The molecule has 4 rings (SSSR count). The van der Waals surface area contributed by atoms with Crippen molar-refractivity contribution in [1.29, 1.82) is 0 Å². The summed E-state index contributed by atoms with van der Waals surface area (Å²) in [6.45, 7) is 4.59. The molecule has 3 aromatic rings. The van der Waals surface area contributed by atoms with Gasteiger partial charge in [-0.1, -0.05) is 17.7 Å². The van der Waals surface area contributed by atoms with Crippen molar-refractivity contribution in [3.05, 3.63) is 81.5 Å². The van der Waals surface area contributed by atoms with Crippen LogP contribution in [0.4, 0.5) is 14.5 Å². The first-order valence-corrected chi connectivity index (χ1v) is 11.2. The van der Waals surface area contributed by atoms with E-state index in [4.69, 9.17) is 16.3 Å². The molecule has 0 spiro atoms. The van der Waals surface area contributed by atoms with Gasteiger partial charge < -0.3 is 9.64 Å². The topological polar surface area (TPSA) is 15.7 Å². The zero-order valence-electron chi connectivity index (χ0n) is 16.4. The summed E-state index contributed by atoms with van der Waals surface area (Å²) in [6.07, 6.45) is 0.716. The molecule has 30 heavy (non-hydrogen) atoms. The van der Waals surface area contributed by atoms with Gasteiger partial charge in [0.15, 0.2) is 0 Å². The minimum Gasteiger partial charge on any atom is -0.485 e. The van der Waals surface area contributed by atoms with Crippen LogP contribution < -0.4 is 9.64 Å². The lowest BCUT2D eigenvalue weighted by Crippen LogP contribution is -2.46. The predicted octanol–water partition coefficient (Wildman–Crippen LogP) is 6.01. The van der Waals surface area contributed by atoms with Crippen molar-refractivity contribution in [2.45, 2.75) is 12.5 Å². The second kappa shape index (κ2) is 9.77. The maximum Gasteiger partial charge on any atom is 0.142 e. The number of piperazine rings is 1. The third kappa shape index (κ3) is 5.31. The van der Waals surface area contributed by atoms with Crippen molar-refractivity contribution in [1.82, 2.24) is 4.90 Å². The molecule has 0 saturated carbocycles. The van der Waals surface area contributed by atoms with Gasteiger partial charge in [0.25, 0.3) is 0 Å². The number of hydrogen-bond donors (Lipinski definition) is 0. The predicted molar refractivity (Wildman–Crippen MR) is 119 cm³/mol. The van der Waals surface area contributed by atoms with E-state index in [1.54, 1.807) is 17.4 Å². The molecule has 1 aliphatic heterocycles. The first-order chi connectivity index (χ1) is 14.6. The van der Waals surface area contributed by atoms with Crippen LogP contribution in [0.25, 0.3) is 0 Å². The number of benzene rings is 2. The van der Waals surface area contributed by atoms with Crippen LogP contribution in [0.15, 0.2) is 60.0 Å². The van der Waals surface area contributed by atoms with Crippen LogP contribution in [0.2, 0.25) is 5.02 Å². The second-order valence-corrected chi connectivity index (χ2v) is 8.68. The van der Waals surface area contributed by atoms with Crippen LogP contribution >= 0.6 is 22.9 Å². The SMILES string of the molecule is Fc1ccc(N2CCN(CC[C@@H](Oc3ccc(F)c(Cl)c3)c3cccs3)CC2)cc1. The molecule has 1 atom stereocenters. The monoisotopic (exact) mass is 448 g/mol. The van der Waals surface area contributed by atoms with Crippen LogP contribution in [0.3, 0.4) is 0 Å². The molecule has 0 bridgehead atoms. The standard InChI is InChI=1S/C23H23ClF2N2OS/c24-20-16-19(7-8-21(20)26)29-22(23-2-1-15-30-23)9-10-27-11-13-28(14-12-27)18-5-3-17(25)4-6-18/h1-8,15-16,22H,9-14H2/t22-/m1/s1. The summed E-state index contributed by atoms with van der Waals surface area (Å²) >= 11 is 7.56. The summed E-state index contributed by atoms with van der Waals surface area (Å²) in [5, 5.41) is 2.10. The summed E-state index contributed by atoms with van der Waals surface area (Å²) in [6, 6.07) is 15.2. The van der Waals surface area contributed by atoms with Crippen molar-refractivity contribution in [2.24, 2.45) is 0 Å². The van der Waals surface area contributed by atoms with Crippen LogP contribution in [-0.2, 0) is 0 Å². The Balaban J connectivity index is 1.34. The highest BCUT2D eigenvalue weighted by Gasteiger charge is 2.21. The molecular weight excluding hydrogens is 426 g/mol. The Labute approximate surface area is 184 Å². The highest BCUT2D eigenvalue weighted by Crippen LogP contribution is 2.30. The van der Waals surface area contributed by atoms with Crippen molar-refractivity contribution >= 4 is 28.6 Å². The summed E-state index contributed by atoms with van der Waals surface area (Å²) in [4.78, 5) is 5.84. The van der Waals surface area contributed by atoms with Gasteiger partial charge in [0.05, 0.1) is 5.02 Å². The Morgan fingerprint density at radius 2 is 1.77 bits per heavy atom. The molecule has 7 heteroatoms. The molecule has 0 unspecified atom stereocenters. The van der Waals surface area contributed by atoms with Crippen LogP contribution in [0, 0.1) is 11.6 Å². The Morgan fingerprint density at radius 1 is 1.00 bits per heavy atom. The smallest absolute Gasteiger partial charge is 0.142 e. The number of hydrogen-bond acceptors (Lipinski definition) is 4. The van der Waals surface area contributed by atoms with Crippen molar-refractivity contribution in [3.8, 4) is 5.75 Å². The van der Waals surface area contributed by atoms with E-state index in [2.05, 4.69) is 15.9 Å². The number of nitrogens with zero attached hydrogens (tertiary/aromatic N) is 2. The molecule has 1 aromatic heterocycles. The summed E-state index contributed by atoms with van der Waals surface area (Å²) in [5.74, 6) is -0.0870. The normalized spacial score (nSPS) is 15.9. The van der Waals surface area contributed by atoms with Gasteiger partial charge in [0.2, 0.25) is 0 Å². The van der Waals surface area contributed by atoms with Gasteiger partial charge in [-0.25, -0.2) is 8.78 Å². The maximum absolute atomic E-state index is 13.5. The zero-order chi connectivity index (χ0) is 20.9. The van der Waals surface area contributed by atoms with Gasteiger partial charge in [0.1, 0.15) is 23.5 Å². The van der Waals surface area contributed by atoms with Gasteiger partial charge in [-0.3, -0.25) is 4.90 Å². The Kier molecular flexibility index (Phi) is 6.87. The third-order valence-corrected chi connectivity index (χ3v) is 6.56. The molecule has 2 aromatic carbocycles.